The summed E-state index contributed by atoms with van der Waals surface area (Å²) in [6, 6.07) is 8.09. The highest BCUT2D eigenvalue weighted by Gasteiger charge is 2.16. The number of anilines is 2. The first-order chi connectivity index (χ1) is 8.70. The number of nitrogen functional groups attached to an aromatic ring is 1. The van der Waals surface area contributed by atoms with Crippen LogP contribution in [0.1, 0.15) is 18.9 Å². The predicted molar refractivity (Wildman–Crippen MR) is 72.4 cm³/mol. The van der Waals surface area contributed by atoms with Crippen LogP contribution in [0.15, 0.2) is 18.2 Å². The molecule has 18 heavy (non-hydrogen) atoms. The first kappa shape index (κ1) is 12.7. The molecule has 4 heteroatoms. The second kappa shape index (κ2) is 5.74. The van der Waals surface area contributed by atoms with Crippen LogP contribution in [0.5, 0.6) is 0 Å². The van der Waals surface area contributed by atoms with Gasteiger partial charge in [-0.25, -0.2) is 0 Å². The monoisotopic (exact) mass is 245 g/mol. The van der Waals surface area contributed by atoms with Gasteiger partial charge in [-0.05, 0) is 37.1 Å². The fourth-order valence-electron chi connectivity index (χ4n) is 2.26. The fraction of sp³-hybridized carbons (Fsp3) is 0.500. The molecule has 1 saturated heterocycles. The molecule has 0 radical (unpaired) electrons. The van der Waals surface area contributed by atoms with Gasteiger partial charge in [-0.3, -0.25) is 0 Å². The largest absolute Gasteiger partial charge is 0.398 e. The van der Waals surface area contributed by atoms with Crippen LogP contribution in [0.4, 0.5) is 11.4 Å². The van der Waals surface area contributed by atoms with Crippen molar-refractivity contribution in [2.45, 2.75) is 25.9 Å². The van der Waals surface area contributed by atoms with Gasteiger partial charge >= 0.3 is 0 Å². The summed E-state index contributed by atoms with van der Waals surface area (Å²) in [4.78, 5) is 2.30. The molecule has 0 saturated carbocycles. The van der Waals surface area contributed by atoms with Crippen LogP contribution >= 0.6 is 0 Å². The Hall–Kier alpha value is -1.73. The molecule has 0 amide bonds. The highest BCUT2D eigenvalue weighted by molar-refractivity contribution is 5.59. The van der Waals surface area contributed by atoms with Crippen LogP contribution in [-0.2, 0) is 11.2 Å². The minimum Gasteiger partial charge on any atom is -0.398 e. The van der Waals surface area contributed by atoms with Gasteiger partial charge in [0.25, 0.3) is 0 Å². The molecular formula is C14H19N3O. The van der Waals surface area contributed by atoms with Crippen molar-refractivity contribution in [3.05, 3.63) is 23.8 Å². The van der Waals surface area contributed by atoms with Gasteiger partial charge in [-0.15, -0.1) is 0 Å². The molecule has 1 aromatic rings. The normalized spacial score (nSPS) is 20.2. The number of rotatable bonds is 2. The van der Waals surface area contributed by atoms with Crippen LogP contribution in [0.25, 0.3) is 0 Å². The number of nitrogens with zero attached hydrogens (tertiary/aromatic N) is 2. The van der Waals surface area contributed by atoms with E-state index < -0.39 is 0 Å². The lowest BCUT2D eigenvalue weighted by Crippen LogP contribution is -2.30. The van der Waals surface area contributed by atoms with Gasteiger partial charge in [0, 0.05) is 31.1 Å². The SMILES string of the molecule is CC1CN(c2ccc(N)c(CC#N)c2)CCCO1. The van der Waals surface area contributed by atoms with E-state index in [0.717, 1.165) is 37.4 Å². The molecule has 1 unspecified atom stereocenters. The Morgan fingerprint density at radius 3 is 3.17 bits per heavy atom. The number of hydrogen-bond acceptors (Lipinski definition) is 4. The third-order valence-electron chi connectivity index (χ3n) is 3.21. The van der Waals surface area contributed by atoms with Crippen molar-refractivity contribution in [1.29, 1.82) is 5.26 Å². The molecule has 2 N–H and O–H groups in total. The van der Waals surface area contributed by atoms with Crippen molar-refractivity contribution in [2.75, 3.05) is 30.3 Å². The van der Waals surface area contributed by atoms with Crippen LogP contribution in [0, 0.1) is 11.3 Å². The molecule has 2 rings (SSSR count). The summed E-state index contributed by atoms with van der Waals surface area (Å²) >= 11 is 0. The van der Waals surface area contributed by atoms with Gasteiger partial charge in [0.15, 0.2) is 0 Å². The number of nitrogens with two attached hydrogens (primary N) is 1. The smallest absolute Gasteiger partial charge is 0.0721 e. The fourth-order valence-corrected chi connectivity index (χ4v) is 2.26. The molecule has 0 bridgehead atoms. The van der Waals surface area contributed by atoms with Gasteiger partial charge in [0.2, 0.25) is 0 Å². The van der Waals surface area contributed by atoms with E-state index in [-0.39, 0.29) is 6.10 Å². The van der Waals surface area contributed by atoms with Crippen LogP contribution in [-0.4, -0.2) is 25.8 Å². The summed E-state index contributed by atoms with van der Waals surface area (Å²) in [6.07, 6.45) is 1.63. The van der Waals surface area contributed by atoms with E-state index in [0.29, 0.717) is 12.1 Å². The highest BCUT2D eigenvalue weighted by atomic mass is 16.5. The minimum absolute atomic E-state index is 0.240. The van der Waals surface area contributed by atoms with Gasteiger partial charge in [-0.1, -0.05) is 0 Å². The Labute approximate surface area is 108 Å². The molecule has 1 aliphatic rings. The standard InChI is InChI=1S/C14H19N3O/c1-11-10-17(7-2-8-18-11)13-3-4-14(16)12(9-13)5-6-15/h3-4,9,11H,2,5,7-8,10,16H2,1H3. The quantitative estimate of drug-likeness (QED) is 0.809. The number of benzene rings is 1. The first-order valence-corrected chi connectivity index (χ1v) is 6.32. The van der Waals surface area contributed by atoms with Crippen molar-refractivity contribution >= 4 is 11.4 Å². The molecule has 0 aliphatic carbocycles. The molecule has 0 aromatic heterocycles. The second-order valence-electron chi connectivity index (χ2n) is 4.70. The van der Waals surface area contributed by atoms with Crippen LogP contribution < -0.4 is 10.6 Å². The second-order valence-corrected chi connectivity index (χ2v) is 4.70. The summed E-state index contributed by atoms with van der Waals surface area (Å²) in [7, 11) is 0. The maximum Gasteiger partial charge on any atom is 0.0721 e. The van der Waals surface area contributed by atoms with E-state index in [1.54, 1.807) is 0 Å². The van der Waals surface area contributed by atoms with E-state index in [1.165, 1.54) is 0 Å². The zero-order valence-electron chi connectivity index (χ0n) is 10.7. The average Bonchev–Trinajstić information content (AvgIpc) is 2.57. The van der Waals surface area contributed by atoms with Gasteiger partial charge in [0.05, 0.1) is 18.6 Å². The van der Waals surface area contributed by atoms with Crippen LogP contribution in [0.3, 0.4) is 0 Å². The first-order valence-electron chi connectivity index (χ1n) is 6.32. The van der Waals surface area contributed by atoms with Crippen LogP contribution in [0.2, 0.25) is 0 Å². The molecule has 1 aliphatic heterocycles. The van der Waals surface area contributed by atoms with Crippen molar-refractivity contribution < 1.29 is 4.74 Å². The molecule has 1 heterocycles. The van der Waals surface area contributed by atoms with Crippen molar-refractivity contribution in [3.8, 4) is 6.07 Å². The van der Waals surface area contributed by atoms with Gasteiger partial charge in [-0.2, -0.15) is 5.26 Å². The van der Waals surface area contributed by atoms with Crippen molar-refractivity contribution in [3.63, 3.8) is 0 Å². The highest BCUT2D eigenvalue weighted by Crippen LogP contribution is 2.23. The van der Waals surface area contributed by atoms with E-state index >= 15 is 0 Å². The molecule has 4 nitrogen and oxygen atoms in total. The Bertz CT molecular complexity index is 453. The maximum absolute atomic E-state index is 8.79. The molecule has 1 atom stereocenters. The number of nitriles is 1. The predicted octanol–water partition coefficient (Wildman–Crippen LogP) is 1.95. The van der Waals surface area contributed by atoms with E-state index in [1.807, 2.05) is 18.2 Å². The summed E-state index contributed by atoms with van der Waals surface area (Å²) < 4.78 is 5.64. The number of ether oxygens (including phenoxy) is 1. The number of hydrogen-bond donors (Lipinski definition) is 1. The lowest BCUT2D eigenvalue weighted by molar-refractivity contribution is 0.0821. The Morgan fingerprint density at radius 2 is 2.39 bits per heavy atom. The minimum atomic E-state index is 0.240. The molecule has 1 aromatic carbocycles. The van der Waals surface area contributed by atoms with Crippen molar-refractivity contribution in [1.82, 2.24) is 0 Å². The summed E-state index contributed by atoms with van der Waals surface area (Å²) in [5.74, 6) is 0. The van der Waals surface area contributed by atoms with Gasteiger partial charge < -0.3 is 15.4 Å². The lowest BCUT2D eigenvalue weighted by atomic mass is 10.1. The maximum atomic E-state index is 8.79. The zero-order chi connectivity index (χ0) is 13.0. The van der Waals surface area contributed by atoms with E-state index in [4.69, 9.17) is 15.7 Å². The molecule has 0 spiro atoms. The summed E-state index contributed by atoms with van der Waals surface area (Å²) in [6.45, 7) is 4.78. The van der Waals surface area contributed by atoms with Gasteiger partial charge in [0.1, 0.15) is 0 Å². The average molecular weight is 245 g/mol. The topological polar surface area (TPSA) is 62.3 Å². The Kier molecular flexibility index (Phi) is 4.06. The molecule has 1 fully saturated rings. The summed E-state index contributed by atoms with van der Waals surface area (Å²) in [5.41, 5.74) is 8.60. The lowest BCUT2D eigenvalue weighted by Gasteiger charge is -2.25. The third-order valence-corrected chi connectivity index (χ3v) is 3.21. The Morgan fingerprint density at radius 1 is 1.56 bits per heavy atom. The third kappa shape index (κ3) is 2.93. The summed E-state index contributed by atoms with van der Waals surface area (Å²) in [5, 5.41) is 8.79. The zero-order valence-corrected chi connectivity index (χ0v) is 10.7. The Balaban J connectivity index is 2.21. The van der Waals surface area contributed by atoms with E-state index in [9.17, 15) is 0 Å². The van der Waals surface area contributed by atoms with E-state index in [2.05, 4.69) is 17.9 Å². The van der Waals surface area contributed by atoms with Crippen molar-refractivity contribution in [2.24, 2.45) is 0 Å². The molecule has 96 valence electrons. The molecular weight excluding hydrogens is 226 g/mol.